The van der Waals surface area contributed by atoms with Crippen LogP contribution in [0.3, 0.4) is 0 Å². The van der Waals surface area contributed by atoms with Gasteiger partial charge >= 0.3 is 5.97 Å². The molecule has 0 aliphatic carbocycles. The lowest BCUT2D eigenvalue weighted by molar-refractivity contribution is -0.139. The highest BCUT2D eigenvalue weighted by molar-refractivity contribution is 5.72. The van der Waals surface area contributed by atoms with Crippen LogP contribution in [0.25, 0.3) is 0 Å². The van der Waals surface area contributed by atoms with Crippen molar-refractivity contribution < 1.29 is 9.90 Å². The molecule has 0 amide bonds. The van der Waals surface area contributed by atoms with Crippen LogP contribution < -0.4 is 5.73 Å². The maximum Gasteiger partial charge on any atom is 0.320 e. The Labute approximate surface area is 80.3 Å². The van der Waals surface area contributed by atoms with Gasteiger partial charge in [-0.1, -0.05) is 27.7 Å². The number of nitrogens with two attached hydrogens (primary N) is 1. The van der Waals surface area contributed by atoms with E-state index in [1.165, 1.54) is 0 Å². The first kappa shape index (κ1) is 12.4. The van der Waals surface area contributed by atoms with Crippen LogP contribution in [0.4, 0.5) is 0 Å². The summed E-state index contributed by atoms with van der Waals surface area (Å²) >= 11 is 0. The minimum absolute atomic E-state index is 0.248. The minimum Gasteiger partial charge on any atom is -0.480 e. The molecule has 0 aliphatic heterocycles. The molecule has 0 rings (SSSR count). The molecule has 2 unspecified atom stereocenters. The zero-order valence-electron chi connectivity index (χ0n) is 9.00. The zero-order chi connectivity index (χ0) is 10.6. The molecule has 0 spiro atoms. The van der Waals surface area contributed by atoms with Gasteiger partial charge in [0.25, 0.3) is 0 Å². The van der Waals surface area contributed by atoms with Gasteiger partial charge in [-0.05, 0) is 24.2 Å². The van der Waals surface area contributed by atoms with Gasteiger partial charge in [-0.15, -0.1) is 0 Å². The van der Waals surface area contributed by atoms with Crippen molar-refractivity contribution >= 4 is 5.97 Å². The molecule has 78 valence electrons. The molecule has 0 radical (unpaired) electrons. The lowest BCUT2D eigenvalue weighted by Gasteiger charge is -2.24. The molecule has 0 saturated carbocycles. The van der Waals surface area contributed by atoms with Crippen LogP contribution in [-0.4, -0.2) is 17.1 Å². The summed E-state index contributed by atoms with van der Waals surface area (Å²) in [6.45, 7) is 8.50. The number of hydrogen-bond donors (Lipinski definition) is 2. The Bertz CT molecular complexity index is 172. The summed E-state index contributed by atoms with van der Waals surface area (Å²) < 4.78 is 0. The van der Waals surface area contributed by atoms with Gasteiger partial charge in [0.2, 0.25) is 0 Å². The first-order chi connectivity index (χ1) is 5.72. The fourth-order valence-electron chi connectivity index (χ4n) is 1.66. The molecule has 3 N–H and O–H groups in total. The van der Waals surface area contributed by atoms with E-state index in [-0.39, 0.29) is 5.41 Å². The number of rotatable bonds is 4. The molecule has 0 fully saturated rings. The van der Waals surface area contributed by atoms with E-state index in [2.05, 4.69) is 20.8 Å². The normalized spacial score (nSPS) is 16.7. The molecule has 0 bridgehead atoms. The van der Waals surface area contributed by atoms with Gasteiger partial charge in [0.15, 0.2) is 0 Å². The quantitative estimate of drug-likeness (QED) is 0.706. The highest BCUT2D eigenvalue weighted by atomic mass is 16.4. The van der Waals surface area contributed by atoms with Gasteiger partial charge < -0.3 is 10.8 Å². The van der Waals surface area contributed by atoms with Crippen LogP contribution in [0.5, 0.6) is 0 Å². The van der Waals surface area contributed by atoms with E-state index in [1.54, 1.807) is 0 Å². The molecule has 0 aromatic rings. The summed E-state index contributed by atoms with van der Waals surface area (Å²) in [6, 6.07) is -0.711. The van der Waals surface area contributed by atoms with Crippen molar-refractivity contribution in [1.82, 2.24) is 0 Å². The number of carbonyl (C=O) groups is 1. The second-order valence-electron chi connectivity index (χ2n) is 5.05. The summed E-state index contributed by atoms with van der Waals surface area (Å²) in [7, 11) is 0. The van der Waals surface area contributed by atoms with Crippen molar-refractivity contribution in [3.8, 4) is 0 Å². The summed E-state index contributed by atoms with van der Waals surface area (Å²) in [5.41, 5.74) is 5.68. The van der Waals surface area contributed by atoms with E-state index in [0.717, 1.165) is 6.42 Å². The lowest BCUT2D eigenvalue weighted by atomic mass is 9.83. The summed E-state index contributed by atoms with van der Waals surface area (Å²) in [6.07, 6.45) is 1.57. The van der Waals surface area contributed by atoms with Crippen LogP contribution in [0.1, 0.15) is 40.5 Å². The number of carboxylic acid groups (broad SMARTS) is 1. The Hall–Kier alpha value is -0.570. The molecule has 0 aliphatic rings. The first-order valence-corrected chi connectivity index (χ1v) is 4.71. The van der Waals surface area contributed by atoms with Crippen molar-refractivity contribution in [2.45, 2.75) is 46.6 Å². The third kappa shape index (κ3) is 6.58. The number of carboxylic acids is 1. The van der Waals surface area contributed by atoms with Crippen LogP contribution >= 0.6 is 0 Å². The second-order valence-corrected chi connectivity index (χ2v) is 5.05. The molecule has 2 atom stereocenters. The maximum absolute atomic E-state index is 10.5. The van der Waals surface area contributed by atoms with Crippen LogP contribution in [0.15, 0.2) is 0 Å². The van der Waals surface area contributed by atoms with Crippen molar-refractivity contribution in [2.75, 3.05) is 0 Å². The third-order valence-electron chi connectivity index (χ3n) is 1.93. The molecule has 3 nitrogen and oxygen atoms in total. The lowest BCUT2D eigenvalue weighted by Crippen LogP contribution is -2.32. The average Bonchev–Trinajstić information content (AvgIpc) is 1.81. The number of hydrogen-bond acceptors (Lipinski definition) is 2. The standard InChI is InChI=1S/C10H21NO2/c1-7(6-10(2,3)4)5-8(11)9(12)13/h7-8H,5-6,11H2,1-4H3,(H,12,13). The molecule has 13 heavy (non-hydrogen) atoms. The SMILES string of the molecule is CC(CC(N)C(=O)O)CC(C)(C)C. The van der Waals surface area contributed by atoms with E-state index >= 15 is 0 Å². The van der Waals surface area contributed by atoms with E-state index in [0.29, 0.717) is 12.3 Å². The Morgan fingerprint density at radius 3 is 2.23 bits per heavy atom. The molecule has 3 heteroatoms. The second kappa shape index (κ2) is 4.61. The average molecular weight is 187 g/mol. The van der Waals surface area contributed by atoms with Crippen molar-refractivity contribution in [3.63, 3.8) is 0 Å². The smallest absolute Gasteiger partial charge is 0.320 e. The fourth-order valence-corrected chi connectivity index (χ4v) is 1.66. The molecular weight excluding hydrogens is 166 g/mol. The Kier molecular flexibility index (Phi) is 4.40. The largest absolute Gasteiger partial charge is 0.480 e. The fraction of sp³-hybridized carbons (Fsp3) is 0.900. The molecule has 0 heterocycles. The Morgan fingerprint density at radius 1 is 1.46 bits per heavy atom. The zero-order valence-corrected chi connectivity index (χ0v) is 9.00. The van der Waals surface area contributed by atoms with Crippen molar-refractivity contribution in [2.24, 2.45) is 17.1 Å². The van der Waals surface area contributed by atoms with Crippen LogP contribution in [0, 0.1) is 11.3 Å². The van der Waals surface area contributed by atoms with Crippen LogP contribution in [-0.2, 0) is 4.79 Å². The van der Waals surface area contributed by atoms with Gasteiger partial charge in [-0.2, -0.15) is 0 Å². The number of aliphatic carboxylic acids is 1. The predicted octanol–water partition coefficient (Wildman–Crippen LogP) is 1.86. The molecule has 0 saturated heterocycles. The molecule has 0 aromatic heterocycles. The molecule has 0 aromatic carbocycles. The van der Waals surface area contributed by atoms with Gasteiger partial charge in [-0.25, -0.2) is 0 Å². The van der Waals surface area contributed by atoms with E-state index in [9.17, 15) is 4.79 Å². The van der Waals surface area contributed by atoms with Gasteiger partial charge in [-0.3, -0.25) is 4.79 Å². The van der Waals surface area contributed by atoms with E-state index in [4.69, 9.17) is 10.8 Å². The van der Waals surface area contributed by atoms with E-state index in [1.807, 2.05) is 6.92 Å². The van der Waals surface area contributed by atoms with E-state index < -0.39 is 12.0 Å². The van der Waals surface area contributed by atoms with Gasteiger partial charge in [0.1, 0.15) is 6.04 Å². The monoisotopic (exact) mass is 187 g/mol. The van der Waals surface area contributed by atoms with Gasteiger partial charge in [0, 0.05) is 0 Å². The maximum atomic E-state index is 10.5. The summed E-state index contributed by atoms with van der Waals surface area (Å²) in [5.74, 6) is -0.535. The highest BCUT2D eigenvalue weighted by Gasteiger charge is 2.20. The predicted molar refractivity (Wildman–Crippen MR) is 53.5 cm³/mol. The Balaban J connectivity index is 3.88. The van der Waals surface area contributed by atoms with Crippen LogP contribution in [0.2, 0.25) is 0 Å². The third-order valence-corrected chi connectivity index (χ3v) is 1.93. The van der Waals surface area contributed by atoms with Crippen molar-refractivity contribution in [1.29, 1.82) is 0 Å². The van der Waals surface area contributed by atoms with Gasteiger partial charge in [0.05, 0.1) is 0 Å². The molecular formula is C10H21NO2. The summed E-state index contributed by atoms with van der Waals surface area (Å²) in [5, 5.41) is 8.60. The minimum atomic E-state index is -0.902. The highest BCUT2D eigenvalue weighted by Crippen LogP contribution is 2.26. The summed E-state index contributed by atoms with van der Waals surface area (Å²) in [4.78, 5) is 10.5. The topological polar surface area (TPSA) is 63.3 Å². The van der Waals surface area contributed by atoms with Crippen molar-refractivity contribution in [3.05, 3.63) is 0 Å². The first-order valence-electron chi connectivity index (χ1n) is 4.71. The Morgan fingerprint density at radius 2 is 1.92 bits per heavy atom.